The number of benzene rings is 1. The fraction of sp³-hybridized carbons (Fsp3) is 0.667. The van der Waals surface area contributed by atoms with Crippen molar-refractivity contribution in [1.29, 1.82) is 0 Å². The minimum atomic E-state index is -3.17. The topological polar surface area (TPSA) is 66.9 Å². The van der Waals surface area contributed by atoms with Gasteiger partial charge in [-0.05, 0) is 43.9 Å². The first kappa shape index (κ1) is 24.0. The number of sulfonamides is 1. The van der Waals surface area contributed by atoms with Crippen LogP contribution >= 0.6 is 23.2 Å². The Labute approximate surface area is 189 Å². The van der Waals surface area contributed by atoms with Crippen LogP contribution in [0.15, 0.2) is 18.2 Å². The lowest BCUT2D eigenvalue weighted by Gasteiger charge is -2.49. The quantitative estimate of drug-likeness (QED) is 0.532. The van der Waals surface area contributed by atoms with E-state index in [1.54, 1.807) is 22.5 Å². The van der Waals surface area contributed by atoms with E-state index in [2.05, 4.69) is 4.90 Å². The molecule has 0 bridgehead atoms. The van der Waals surface area contributed by atoms with Gasteiger partial charge in [-0.2, -0.15) is 4.31 Å². The molecule has 6 nitrogen and oxygen atoms in total. The SMILES string of the molecule is CCCS(=O)(=O)N1CCN(C2(CCC(=O)c3ccc(Cl)cc3Cl)CCOCC2)CC1. The Morgan fingerprint density at radius 2 is 1.80 bits per heavy atom. The maximum Gasteiger partial charge on any atom is 0.214 e. The van der Waals surface area contributed by atoms with Crippen molar-refractivity contribution >= 4 is 39.0 Å². The predicted octanol–water partition coefficient (Wildman–Crippen LogP) is 3.86. The molecule has 0 aromatic heterocycles. The second-order valence-electron chi connectivity index (χ2n) is 8.09. The van der Waals surface area contributed by atoms with Crippen LogP contribution in [0.3, 0.4) is 0 Å². The van der Waals surface area contributed by atoms with E-state index in [4.69, 9.17) is 27.9 Å². The van der Waals surface area contributed by atoms with Gasteiger partial charge >= 0.3 is 0 Å². The molecule has 168 valence electrons. The van der Waals surface area contributed by atoms with E-state index in [9.17, 15) is 13.2 Å². The number of rotatable bonds is 8. The number of Topliss-reactive ketones (excluding diaryl/α,β-unsaturated/α-hetero) is 1. The first-order valence-electron chi connectivity index (χ1n) is 10.6. The molecule has 2 aliphatic heterocycles. The van der Waals surface area contributed by atoms with E-state index in [0.717, 1.165) is 12.8 Å². The zero-order valence-electron chi connectivity index (χ0n) is 17.4. The van der Waals surface area contributed by atoms with Crippen LogP contribution in [0.4, 0.5) is 0 Å². The van der Waals surface area contributed by atoms with Gasteiger partial charge in [0.2, 0.25) is 10.0 Å². The highest BCUT2D eigenvalue weighted by molar-refractivity contribution is 7.89. The summed E-state index contributed by atoms with van der Waals surface area (Å²) in [6.07, 6.45) is 3.40. The molecule has 0 unspecified atom stereocenters. The zero-order chi connectivity index (χ0) is 21.8. The Morgan fingerprint density at radius 3 is 2.40 bits per heavy atom. The van der Waals surface area contributed by atoms with Crippen molar-refractivity contribution in [1.82, 2.24) is 9.21 Å². The smallest absolute Gasteiger partial charge is 0.214 e. The Kier molecular flexibility index (Phi) is 8.21. The number of carbonyl (C=O) groups is 1. The summed E-state index contributed by atoms with van der Waals surface area (Å²) in [7, 11) is -3.17. The van der Waals surface area contributed by atoms with Gasteiger partial charge < -0.3 is 4.74 Å². The molecule has 0 aliphatic carbocycles. The van der Waals surface area contributed by atoms with E-state index >= 15 is 0 Å². The van der Waals surface area contributed by atoms with Crippen molar-refractivity contribution in [2.75, 3.05) is 45.1 Å². The predicted molar refractivity (Wildman–Crippen MR) is 120 cm³/mol. The van der Waals surface area contributed by atoms with E-state index < -0.39 is 10.0 Å². The van der Waals surface area contributed by atoms with Gasteiger partial charge in [0, 0.05) is 61.9 Å². The summed E-state index contributed by atoms with van der Waals surface area (Å²) < 4.78 is 32.0. The molecule has 3 rings (SSSR count). The number of halogens is 2. The molecule has 0 atom stereocenters. The van der Waals surface area contributed by atoms with Gasteiger partial charge in [0.15, 0.2) is 5.78 Å². The summed E-state index contributed by atoms with van der Waals surface area (Å²) in [6.45, 7) is 5.56. The Bertz CT molecular complexity index is 849. The van der Waals surface area contributed by atoms with Crippen molar-refractivity contribution < 1.29 is 17.9 Å². The number of nitrogens with zero attached hydrogens (tertiary/aromatic N) is 2. The van der Waals surface area contributed by atoms with Gasteiger partial charge in [0.1, 0.15) is 0 Å². The van der Waals surface area contributed by atoms with Gasteiger partial charge in [-0.1, -0.05) is 30.1 Å². The first-order valence-corrected chi connectivity index (χ1v) is 12.9. The molecular formula is C21H30Cl2N2O4S. The van der Waals surface area contributed by atoms with E-state index in [0.29, 0.717) is 74.3 Å². The van der Waals surface area contributed by atoms with Gasteiger partial charge in [0.25, 0.3) is 0 Å². The molecule has 9 heteroatoms. The Hall–Kier alpha value is -0.700. The summed E-state index contributed by atoms with van der Waals surface area (Å²) >= 11 is 12.2. The molecule has 0 N–H and O–H groups in total. The van der Waals surface area contributed by atoms with Crippen molar-refractivity contribution in [2.24, 2.45) is 0 Å². The third-order valence-electron chi connectivity index (χ3n) is 6.24. The molecule has 1 aromatic carbocycles. The van der Waals surface area contributed by atoms with Crippen LogP contribution in [0, 0.1) is 0 Å². The number of hydrogen-bond donors (Lipinski definition) is 0. The summed E-state index contributed by atoms with van der Waals surface area (Å²) in [4.78, 5) is 15.2. The highest BCUT2D eigenvalue weighted by Gasteiger charge is 2.41. The monoisotopic (exact) mass is 476 g/mol. The van der Waals surface area contributed by atoms with Crippen LogP contribution in [0.1, 0.15) is 49.4 Å². The summed E-state index contributed by atoms with van der Waals surface area (Å²) in [6, 6.07) is 4.96. The number of ketones is 1. The second kappa shape index (κ2) is 10.3. The van der Waals surface area contributed by atoms with Crippen LogP contribution in [0.2, 0.25) is 10.0 Å². The summed E-state index contributed by atoms with van der Waals surface area (Å²) in [5, 5.41) is 0.886. The van der Waals surface area contributed by atoms with E-state index in [1.807, 2.05) is 6.92 Å². The molecule has 2 aliphatic rings. The molecule has 30 heavy (non-hydrogen) atoms. The number of carbonyl (C=O) groups excluding carboxylic acids is 1. The molecule has 0 spiro atoms. The Morgan fingerprint density at radius 1 is 1.13 bits per heavy atom. The standard InChI is InChI=1S/C21H30Cl2N2O4S/c1-2-15-30(27,28)25-11-9-24(10-12-25)21(7-13-29-14-8-21)6-5-20(26)18-4-3-17(22)16-19(18)23/h3-4,16H,2,5-15H2,1H3. The van der Waals surface area contributed by atoms with Gasteiger partial charge in [0.05, 0.1) is 10.8 Å². The first-order chi connectivity index (χ1) is 14.3. The van der Waals surface area contributed by atoms with Crippen molar-refractivity contribution in [3.05, 3.63) is 33.8 Å². The number of ether oxygens (including phenoxy) is 1. The summed E-state index contributed by atoms with van der Waals surface area (Å²) in [5.74, 6) is 0.203. The minimum absolute atomic E-state index is 0.00620. The lowest BCUT2D eigenvalue weighted by Crippen LogP contribution is -2.60. The van der Waals surface area contributed by atoms with Gasteiger partial charge in [-0.3, -0.25) is 9.69 Å². The average Bonchev–Trinajstić information content (AvgIpc) is 2.73. The fourth-order valence-electron chi connectivity index (χ4n) is 4.50. The van der Waals surface area contributed by atoms with Crippen LogP contribution in [-0.4, -0.2) is 74.1 Å². The maximum absolute atomic E-state index is 12.8. The maximum atomic E-state index is 12.8. The average molecular weight is 477 g/mol. The number of hydrogen-bond acceptors (Lipinski definition) is 5. The fourth-order valence-corrected chi connectivity index (χ4v) is 6.51. The molecule has 0 radical (unpaired) electrons. The second-order valence-corrected chi connectivity index (χ2v) is 11.0. The normalized spacial score (nSPS) is 20.9. The Balaban J connectivity index is 1.67. The van der Waals surface area contributed by atoms with Crippen LogP contribution in [0.5, 0.6) is 0 Å². The molecule has 2 fully saturated rings. The number of piperazine rings is 1. The van der Waals surface area contributed by atoms with Crippen molar-refractivity contribution in [3.8, 4) is 0 Å². The molecule has 2 heterocycles. The molecule has 0 amide bonds. The van der Waals surface area contributed by atoms with Gasteiger partial charge in [-0.25, -0.2) is 8.42 Å². The molecular weight excluding hydrogens is 447 g/mol. The highest BCUT2D eigenvalue weighted by atomic mass is 35.5. The van der Waals surface area contributed by atoms with Crippen molar-refractivity contribution in [3.63, 3.8) is 0 Å². The third kappa shape index (κ3) is 5.56. The lowest BCUT2D eigenvalue weighted by atomic mass is 9.82. The zero-order valence-corrected chi connectivity index (χ0v) is 19.7. The van der Waals surface area contributed by atoms with Gasteiger partial charge in [-0.15, -0.1) is 0 Å². The lowest BCUT2D eigenvalue weighted by molar-refractivity contribution is -0.0444. The van der Waals surface area contributed by atoms with Crippen molar-refractivity contribution in [2.45, 2.75) is 44.6 Å². The van der Waals surface area contributed by atoms with Crippen LogP contribution in [-0.2, 0) is 14.8 Å². The molecule has 2 saturated heterocycles. The summed E-state index contributed by atoms with van der Waals surface area (Å²) in [5.41, 5.74) is 0.353. The van der Waals surface area contributed by atoms with Crippen LogP contribution < -0.4 is 0 Å². The highest BCUT2D eigenvalue weighted by Crippen LogP contribution is 2.35. The van der Waals surface area contributed by atoms with Crippen LogP contribution in [0.25, 0.3) is 0 Å². The van der Waals surface area contributed by atoms with E-state index in [1.165, 1.54) is 0 Å². The molecule has 1 aromatic rings. The molecule has 0 saturated carbocycles. The largest absolute Gasteiger partial charge is 0.381 e. The minimum Gasteiger partial charge on any atom is -0.381 e. The van der Waals surface area contributed by atoms with E-state index in [-0.39, 0.29) is 17.1 Å². The third-order valence-corrected chi connectivity index (χ3v) is 8.86.